The Morgan fingerprint density at radius 3 is 2.25 bits per heavy atom. The monoisotopic (exact) mass is 542 g/mol. The second kappa shape index (κ2) is 15.7. The molecule has 9 heteroatoms. The number of amidine groups is 1. The van der Waals surface area contributed by atoms with E-state index in [1.54, 1.807) is 16.1 Å². The standard InChI is InChI=1S/C27H47ClN4O3S/c1-9-13-14-24(29-19-23-15-17-31(18-16-23)36(34,35)12-4)27(33)32(20(5)6)26(22(8)11-3)30-25(28)21(7)10-2/h11,20,23H,9-10,12-19H2,1-8H3/b22-11?,25-21-,29-24?,30-26?. The number of hydrogen-bond acceptors (Lipinski definition) is 5. The van der Waals surface area contributed by atoms with Crippen LogP contribution in [0.4, 0.5) is 0 Å². The van der Waals surface area contributed by atoms with Gasteiger partial charge in [-0.3, -0.25) is 14.7 Å². The van der Waals surface area contributed by atoms with Crippen molar-refractivity contribution >= 4 is 39.1 Å². The van der Waals surface area contributed by atoms with E-state index in [-0.39, 0.29) is 23.6 Å². The normalized spacial score (nSPS) is 18.0. The van der Waals surface area contributed by atoms with Gasteiger partial charge in [0, 0.05) is 25.7 Å². The Balaban J connectivity index is 3.27. The van der Waals surface area contributed by atoms with Crippen molar-refractivity contribution in [2.24, 2.45) is 15.9 Å². The zero-order valence-corrected chi connectivity index (χ0v) is 25.2. The Kier molecular flexibility index (Phi) is 14.2. The molecule has 1 amide bonds. The van der Waals surface area contributed by atoms with Crippen LogP contribution in [0.3, 0.4) is 0 Å². The minimum atomic E-state index is -3.16. The Morgan fingerprint density at radius 2 is 1.78 bits per heavy atom. The third-order valence-corrected chi connectivity index (χ3v) is 9.01. The van der Waals surface area contributed by atoms with E-state index in [0.29, 0.717) is 42.8 Å². The minimum Gasteiger partial charge on any atom is -0.289 e. The Labute approximate surface area is 224 Å². The number of unbranched alkanes of at least 4 members (excludes halogenated alkanes) is 1. The van der Waals surface area contributed by atoms with Gasteiger partial charge in [0.25, 0.3) is 5.91 Å². The highest BCUT2D eigenvalue weighted by Gasteiger charge is 2.29. The largest absolute Gasteiger partial charge is 0.289 e. The Hall–Kier alpha value is -1.51. The fraction of sp³-hybridized carbons (Fsp3) is 0.741. The molecule has 0 aliphatic carbocycles. The number of nitrogens with zero attached hydrogens (tertiary/aromatic N) is 4. The fourth-order valence-corrected chi connectivity index (χ4v) is 5.25. The molecular weight excluding hydrogens is 496 g/mol. The molecule has 7 nitrogen and oxygen atoms in total. The third kappa shape index (κ3) is 9.42. The molecule has 0 spiro atoms. The maximum atomic E-state index is 13.9. The minimum absolute atomic E-state index is 0.128. The van der Waals surface area contributed by atoms with Crippen LogP contribution in [-0.2, 0) is 14.8 Å². The molecule has 36 heavy (non-hydrogen) atoms. The molecule has 0 unspecified atom stereocenters. The quantitative estimate of drug-likeness (QED) is 0.168. The summed E-state index contributed by atoms with van der Waals surface area (Å²) < 4.78 is 25.9. The zero-order valence-electron chi connectivity index (χ0n) is 23.6. The first-order valence-electron chi connectivity index (χ1n) is 13.3. The van der Waals surface area contributed by atoms with Crippen molar-refractivity contribution in [3.8, 4) is 0 Å². The van der Waals surface area contributed by atoms with Crippen molar-refractivity contribution in [3.63, 3.8) is 0 Å². The molecule has 1 fully saturated rings. The molecule has 0 atom stereocenters. The molecule has 1 heterocycles. The summed E-state index contributed by atoms with van der Waals surface area (Å²) in [7, 11) is -3.16. The lowest BCUT2D eigenvalue weighted by molar-refractivity contribution is -0.121. The summed E-state index contributed by atoms with van der Waals surface area (Å²) in [6.07, 6.45) is 6.66. The van der Waals surface area contributed by atoms with Crippen molar-refractivity contribution in [2.45, 2.75) is 100.0 Å². The lowest BCUT2D eigenvalue weighted by Crippen LogP contribution is -2.46. The van der Waals surface area contributed by atoms with Gasteiger partial charge in [0.15, 0.2) is 0 Å². The van der Waals surface area contributed by atoms with Gasteiger partial charge < -0.3 is 0 Å². The lowest BCUT2D eigenvalue weighted by Gasteiger charge is -2.31. The molecule has 1 aliphatic heterocycles. The van der Waals surface area contributed by atoms with Crippen LogP contribution in [0.15, 0.2) is 32.4 Å². The molecule has 0 bridgehead atoms. The van der Waals surface area contributed by atoms with Gasteiger partial charge in [-0.2, -0.15) is 0 Å². The number of hydrogen-bond donors (Lipinski definition) is 0. The van der Waals surface area contributed by atoms with Gasteiger partial charge in [-0.1, -0.05) is 37.9 Å². The molecule has 0 aromatic heterocycles. The van der Waals surface area contributed by atoms with E-state index in [9.17, 15) is 13.2 Å². The summed E-state index contributed by atoms with van der Waals surface area (Å²) in [6, 6.07) is -0.133. The van der Waals surface area contributed by atoms with E-state index in [2.05, 4.69) is 6.92 Å². The van der Waals surface area contributed by atoms with E-state index in [4.69, 9.17) is 21.6 Å². The van der Waals surface area contributed by atoms with E-state index < -0.39 is 10.0 Å². The number of carbonyl (C=O) groups is 1. The van der Waals surface area contributed by atoms with Crippen LogP contribution in [0.1, 0.15) is 93.9 Å². The fourth-order valence-electron chi connectivity index (χ4n) is 3.90. The lowest BCUT2D eigenvalue weighted by atomic mass is 9.98. The second-order valence-corrected chi connectivity index (χ2v) is 12.4. The van der Waals surface area contributed by atoms with Gasteiger partial charge >= 0.3 is 0 Å². The van der Waals surface area contributed by atoms with Crippen LogP contribution in [-0.4, -0.2) is 66.5 Å². The molecule has 1 rings (SSSR count). The predicted molar refractivity (Wildman–Crippen MR) is 153 cm³/mol. The summed E-state index contributed by atoms with van der Waals surface area (Å²) in [6.45, 7) is 17.1. The summed E-state index contributed by atoms with van der Waals surface area (Å²) in [5.74, 6) is 0.809. The van der Waals surface area contributed by atoms with E-state index in [1.165, 1.54) is 0 Å². The molecule has 0 aromatic rings. The summed E-state index contributed by atoms with van der Waals surface area (Å²) in [5, 5.41) is 0.410. The molecule has 0 aromatic carbocycles. The number of allylic oxidation sites excluding steroid dienone is 2. The zero-order chi connectivity index (χ0) is 27.5. The number of carbonyl (C=O) groups excluding carboxylic acids is 1. The van der Waals surface area contributed by atoms with E-state index in [1.807, 2.05) is 47.6 Å². The molecule has 0 saturated carbocycles. The van der Waals surface area contributed by atoms with E-state index in [0.717, 1.165) is 43.3 Å². The van der Waals surface area contributed by atoms with Gasteiger partial charge in [-0.25, -0.2) is 17.7 Å². The average Bonchev–Trinajstić information content (AvgIpc) is 2.87. The SMILES string of the molecule is CC=C(C)C(=N/C(Cl)=C(/C)CC)N(C(=O)C(CCCC)=NCC1CCN(S(=O)(=O)CC)CC1)C(C)C. The maximum absolute atomic E-state index is 13.9. The summed E-state index contributed by atoms with van der Waals surface area (Å²) >= 11 is 6.51. The molecule has 0 N–H and O–H groups in total. The number of piperidine rings is 1. The second-order valence-electron chi connectivity index (χ2n) is 9.73. The third-order valence-electron chi connectivity index (χ3n) is 6.72. The molecule has 0 radical (unpaired) electrons. The van der Waals surface area contributed by atoms with Gasteiger partial charge in [-0.05, 0) is 90.7 Å². The average molecular weight is 543 g/mol. The number of amides is 1. The van der Waals surface area contributed by atoms with Crippen molar-refractivity contribution in [2.75, 3.05) is 25.4 Å². The first-order valence-corrected chi connectivity index (χ1v) is 15.3. The summed E-state index contributed by atoms with van der Waals surface area (Å²) in [5.41, 5.74) is 2.39. The topological polar surface area (TPSA) is 82.4 Å². The summed E-state index contributed by atoms with van der Waals surface area (Å²) in [4.78, 5) is 25.1. The molecular formula is C27H47ClN4O3S. The highest BCUT2D eigenvalue weighted by Crippen LogP contribution is 2.22. The van der Waals surface area contributed by atoms with Crippen LogP contribution < -0.4 is 0 Å². The van der Waals surface area contributed by atoms with Crippen LogP contribution in [0.5, 0.6) is 0 Å². The molecule has 1 aliphatic rings. The Bertz CT molecular complexity index is 960. The number of aliphatic imine (C=N–C) groups is 2. The van der Waals surface area contributed by atoms with Crippen LogP contribution in [0, 0.1) is 5.92 Å². The van der Waals surface area contributed by atoms with Gasteiger partial charge in [0.1, 0.15) is 16.7 Å². The van der Waals surface area contributed by atoms with E-state index >= 15 is 0 Å². The number of sulfonamides is 1. The van der Waals surface area contributed by atoms with Crippen molar-refractivity contribution < 1.29 is 13.2 Å². The van der Waals surface area contributed by atoms with Crippen molar-refractivity contribution in [3.05, 3.63) is 22.4 Å². The van der Waals surface area contributed by atoms with Crippen LogP contribution >= 0.6 is 11.6 Å². The number of halogens is 1. The first-order chi connectivity index (χ1) is 16.9. The number of rotatable bonds is 12. The van der Waals surface area contributed by atoms with Gasteiger partial charge in [0.05, 0.1) is 5.75 Å². The smallest absolute Gasteiger partial charge is 0.273 e. The van der Waals surface area contributed by atoms with Gasteiger partial charge in [-0.15, -0.1) is 0 Å². The van der Waals surface area contributed by atoms with Gasteiger partial charge in [0.2, 0.25) is 10.0 Å². The van der Waals surface area contributed by atoms with Crippen LogP contribution in [0.2, 0.25) is 0 Å². The predicted octanol–water partition coefficient (Wildman–Crippen LogP) is 6.16. The highest BCUT2D eigenvalue weighted by molar-refractivity contribution is 7.89. The first kappa shape index (κ1) is 32.5. The molecule has 1 saturated heterocycles. The van der Waals surface area contributed by atoms with Crippen molar-refractivity contribution in [1.29, 1.82) is 0 Å². The van der Waals surface area contributed by atoms with Crippen molar-refractivity contribution in [1.82, 2.24) is 9.21 Å². The molecule has 206 valence electrons. The van der Waals surface area contributed by atoms with Crippen LogP contribution in [0.25, 0.3) is 0 Å². The Morgan fingerprint density at radius 1 is 1.17 bits per heavy atom. The maximum Gasteiger partial charge on any atom is 0.273 e. The highest BCUT2D eigenvalue weighted by atomic mass is 35.5.